The number of pyridine rings is 5. The maximum atomic E-state index is 14.3. The molecule has 0 aliphatic rings. The first kappa shape index (κ1) is 64.4. The van der Waals surface area contributed by atoms with Gasteiger partial charge < -0.3 is 0 Å². The van der Waals surface area contributed by atoms with Gasteiger partial charge in [-0.15, -0.1) is 0 Å². The number of rotatable bonds is 5. The minimum Gasteiger partial charge on any atom is -0.248 e. The summed E-state index contributed by atoms with van der Waals surface area (Å²) in [7, 11) is 0. The van der Waals surface area contributed by atoms with E-state index >= 15 is 0 Å². The van der Waals surface area contributed by atoms with E-state index in [1.165, 1.54) is 30.3 Å². The van der Waals surface area contributed by atoms with E-state index in [1.807, 2.05) is 263 Å². The quantitative estimate of drug-likeness (QED) is 0.161. The van der Waals surface area contributed by atoms with Crippen LogP contribution >= 0.6 is 0 Å². The number of aryl methyl sites for hydroxylation is 9. The molecule has 464 valence electrons. The van der Waals surface area contributed by atoms with Crippen LogP contribution in [0.4, 0.5) is 22.0 Å². The van der Waals surface area contributed by atoms with Gasteiger partial charge in [-0.05, 0) is 158 Å². The van der Waals surface area contributed by atoms with Gasteiger partial charge in [-0.25, -0.2) is 46.9 Å². The Labute approximate surface area is 545 Å². The molecule has 0 radical (unpaired) electrons. The van der Waals surface area contributed by atoms with Crippen molar-refractivity contribution < 1.29 is 22.0 Å². The van der Waals surface area contributed by atoms with Crippen LogP contribution in [0, 0.1) is 91.4 Å². The number of hydrogen-bond donors (Lipinski definition) is 0. The molecule has 0 fully saturated rings. The maximum Gasteiger partial charge on any atom is 0.134 e. The summed E-state index contributed by atoms with van der Waals surface area (Å²) in [4.78, 5) is 22.7. The zero-order valence-electron chi connectivity index (χ0n) is 53.8. The zero-order chi connectivity index (χ0) is 66.2. The lowest BCUT2D eigenvalue weighted by atomic mass is 10.0. The van der Waals surface area contributed by atoms with Gasteiger partial charge in [0.1, 0.15) is 29.1 Å². The number of benzene rings is 10. The predicted octanol–water partition coefficient (Wildman–Crippen LogP) is 23.0. The van der Waals surface area contributed by atoms with Crippen molar-refractivity contribution in [3.05, 3.63) is 328 Å². The van der Waals surface area contributed by atoms with E-state index in [-0.39, 0.29) is 29.1 Å². The van der Waals surface area contributed by atoms with Crippen molar-refractivity contribution in [3.63, 3.8) is 0 Å². The Hall–Kier alpha value is -11.1. The van der Waals surface area contributed by atoms with Gasteiger partial charge in [0.15, 0.2) is 0 Å². The van der Waals surface area contributed by atoms with Crippen LogP contribution in [0.2, 0.25) is 0 Å². The minimum absolute atomic E-state index is 0.215. The Bertz CT molecular complexity index is 5250. The van der Waals surface area contributed by atoms with Crippen LogP contribution in [0.25, 0.3) is 111 Å². The molecule has 10 aromatic carbocycles. The minimum atomic E-state index is -0.223. The molecule has 0 unspecified atom stereocenters. The van der Waals surface area contributed by atoms with Crippen LogP contribution in [0.1, 0.15) is 50.1 Å². The highest BCUT2D eigenvalue weighted by atomic mass is 19.1. The number of hydrogen-bond acceptors (Lipinski definition) is 5. The van der Waals surface area contributed by atoms with E-state index in [4.69, 9.17) is 0 Å². The number of nitrogens with zero attached hydrogens (tertiary/aromatic N) is 5. The molecule has 0 bridgehead atoms. The fraction of sp³-hybridized carbons (Fsp3) is 0.107. The lowest BCUT2D eigenvalue weighted by Gasteiger charge is -2.07. The lowest BCUT2D eigenvalue weighted by Crippen LogP contribution is -1.91. The van der Waals surface area contributed by atoms with Crippen LogP contribution in [0.5, 0.6) is 0 Å². The van der Waals surface area contributed by atoms with E-state index in [0.717, 1.165) is 77.9 Å². The standard InChI is InChI=1S/C18H16FN.2C17H14FN.2C16H12FN/c1-11-4-5-17-15(9-11)16(19)10-18(20-17)14-7-12(2)6-13(3)8-14;1-11-4-3-5-13(8-11)17-10-15(18)14-9-12(2)6-7-16(14)19-17;1-11-4-3-5-13(8-11)16-10-15(18)14-7-6-12(2)9-17(14)19-16;1-11-7-8-15-13(9-11)14(17)10-16(18-15)12-5-3-2-4-6-12;1-11-7-8-13-14(17)10-15(18-16(13)9-11)12-5-3-2-4-6-12/h4-10H,1-3H3;2*3-10H,1-2H3;2*2-10H,1H3. The molecule has 0 aliphatic heterocycles. The molecule has 5 heterocycles. The van der Waals surface area contributed by atoms with E-state index in [1.54, 1.807) is 12.1 Å². The summed E-state index contributed by atoms with van der Waals surface area (Å²) in [5, 5.41) is 2.88. The Morgan fingerprint density at radius 1 is 0.181 bits per heavy atom. The zero-order valence-corrected chi connectivity index (χ0v) is 53.8. The Morgan fingerprint density at radius 2 is 0.447 bits per heavy atom. The highest BCUT2D eigenvalue weighted by Gasteiger charge is 2.13. The van der Waals surface area contributed by atoms with Crippen molar-refractivity contribution in [3.8, 4) is 56.3 Å². The molecule has 5 aromatic heterocycles. The first-order valence-corrected chi connectivity index (χ1v) is 31.0. The largest absolute Gasteiger partial charge is 0.248 e. The Balaban J connectivity index is 0.000000120. The van der Waals surface area contributed by atoms with Crippen LogP contribution < -0.4 is 0 Å². The predicted molar refractivity (Wildman–Crippen MR) is 378 cm³/mol. The Morgan fingerprint density at radius 3 is 0.798 bits per heavy atom. The fourth-order valence-electron chi connectivity index (χ4n) is 11.2. The van der Waals surface area contributed by atoms with Crippen molar-refractivity contribution in [1.82, 2.24) is 24.9 Å². The SMILES string of the molecule is Cc1cc(C)cc(-c2cc(F)c3cc(C)ccc3n2)c1.Cc1ccc2c(F)cc(-c3ccccc3)nc2c1.Cc1ccc2nc(-c3ccccc3)cc(F)c2c1.Cc1cccc(-c2cc(F)c3cc(C)ccc3n2)c1.Cc1cccc(-c2cc(F)c3ccc(C)cc3n2)c1. The van der Waals surface area contributed by atoms with Gasteiger partial charge in [0.2, 0.25) is 0 Å². The first-order chi connectivity index (χ1) is 45.3. The molecule has 0 aliphatic carbocycles. The average molecular weight is 1240 g/mol. The molecule has 0 atom stereocenters. The van der Waals surface area contributed by atoms with Crippen molar-refractivity contribution in [2.45, 2.75) is 62.3 Å². The van der Waals surface area contributed by atoms with E-state index in [9.17, 15) is 22.0 Å². The molecule has 0 spiro atoms. The summed E-state index contributed by atoms with van der Waals surface area (Å²) in [6.45, 7) is 17.9. The molecular formula is C84H68F5N5. The molecule has 94 heavy (non-hydrogen) atoms. The third-order valence-electron chi connectivity index (χ3n) is 15.9. The molecule has 0 amide bonds. The second-order valence-electron chi connectivity index (χ2n) is 23.9. The number of halogens is 5. The molecule has 10 heteroatoms. The van der Waals surface area contributed by atoms with Gasteiger partial charge in [-0.1, -0.05) is 172 Å². The van der Waals surface area contributed by atoms with Gasteiger partial charge in [0.05, 0.1) is 56.1 Å². The van der Waals surface area contributed by atoms with Gasteiger partial charge in [-0.3, -0.25) is 0 Å². The third kappa shape index (κ3) is 15.6. The normalized spacial score (nSPS) is 10.9. The number of aromatic nitrogens is 5. The summed E-state index contributed by atoms with van der Waals surface area (Å²) in [6, 6.07) is 77.1. The van der Waals surface area contributed by atoms with Crippen molar-refractivity contribution in [2.75, 3.05) is 0 Å². The summed E-state index contributed by atoms with van der Waals surface area (Å²) in [5.74, 6) is -1.10. The van der Waals surface area contributed by atoms with Crippen LogP contribution in [0.15, 0.2) is 249 Å². The molecule has 0 saturated heterocycles. The fourth-order valence-corrected chi connectivity index (χ4v) is 11.2. The molecule has 15 rings (SSSR count). The van der Waals surface area contributed by atoms with Crippen LogP contribution in [-0.2, 0) is 0 Å². The van der Waals surface area contributed by atoms with E-state index in [2.05, 4.69) is 31.0 Å². The molecule has 0 N–H and O–H groups in total. The molecule has 15 aromatic rings. The second kappa shape index (κ2) is 28.6. The summed E-state index contributed by atoms with van der Waals surface area (Å²) in [6.07, 6.45) is 0. The summed E-state index contributed by atoms with van der Waals surface area (Å²) < 4.78 is 70.7. The first-order valence-electron chi connectivity index (χ1n) is 31.0. The summed E-state index contributed by atoms with van der Waals surface area (Å²) in [5.41, 5.74) is 21.5. The van der Waals surface area contributed by atoms with Crippen LogP contribution in [-0.4, -0.2) is 24.9 Å². The van der Waals surface area contributed by atoms with Gasteiger partial charge in [-0.2, -0.15) is 0 Å². The molecular weight excluding hydrogens is 1170 g/mol. The Kier molecular flexibility index (Phi) is 19.6. The second-order valence-corrected chi connectivity index (χ2v) is 23.9. The highest BCUT2D eigenvalue weighted by Crippen LogP contribution is 2.31. The lowest BCUT2D eigenvalue weighted by molar-refractivity contribution is 0.638. The van der Waals surface area contributed by atoms with Crippen molar-refractivity contribution in [1.29, 1.82) is 0 Å². The van der Waals surface area contributed by atoms with Crippen LogP contribution in [0.3, 0.4) is 0 Å². The van der Waals surface area contributed by atoms with Gasteiger partial charge >= 0.3 is 0 Å². The van der Waals surface area contributed by atoms with Gasteiger partial charge in [0, 0.05) is 85.1 Å². The smallest absolute Gasteiger partial charge is 0.134 e. The molecule has 0 saturated carbocycles. The van der Waals surface area contributed by atoms with E-state index in [0.29, 0.717) is 83.0 Å². The third-order valence-corrected chi connectivity index (χ3v) is 15.9. The maximum absolute atomic E-state index is 14.3. The average Bonchev–Trinajstić information content (AvgIpc) is 0.884. The van der Waals surface area contributed by atoms with Crippen molar-refractivity contribution >= 4 is 54.5 Å². The van der Waals surface area contributed by atoms with Gasteiger partial charge in [0.25, 0.3) is 0 Å². The topological polar surface area (TPSA) is 64.5 Å². The molecule has 5 nitrogen and oxygen atoms in total. The highest BCUT2D eigenvalue weighted by molar-refractivity contribution is 5.87. The number of fused-ring (bicyclic) bond motifs is 5. The van der Waals surface area contributed by atoms with E-state index < -0.39 is 0 Å². The van der Waals surface area contributed by atoms with Crippen molar-refractivity contribution in [2.24, 2.45) is 0 Å². The monoisotopic (exact) mass is 1240 g/mol. The summed E-state index contributed by atoms with van der Waals surface area (Å²) >= 11 is 0.